The van der Waals surface area contributed by atoms with Crippen molar-refractivity contribution in [1.29, 1.82) is 0 Å². The molecule has 3 aromatic heterocycles. The van der Waals surface area contributed by atoms with Crippen LogP contribution in [0.4, 0.5) is 11.4 Å². The molecule has 37 heavy (non-hydrogen) atoms. The van der Waals surface area contributed by atoms with Crippen molar-refractivity contribution in [3.05, 3.63) is 132 Å². The first kappa shape index (κ1) is 25.2. The van der Waals surface area contributed by atoms with Gasteiger partial charge in [-0.2, -0.15) is 0 Å². The summed E-state index contributed by atoms with van der Waals surface area (Å²) in [6, 6.07) is 32.9. The van der Waals surface area contributed by atoms with Crippen LogP contribution in [0.5, 0.6) is 0 Å². The number of anilines is 2. The standard InChI is InChI=1S/C33H29NS3/c1-4-6-8-11-26(5-2)34(27-12-9-7-10-13-27)28-17-15-25(16-18-28)29-20-21-32(36-29)33-23-22-31(37-33)30-19-14-24(3)35-30/h4-23H,1-3H3/b6-4-,11-8-,26-5+. The van der Waals surface area contributed by atoms with Gasteiger partial charge in [0.05, 0.1) is 0 Å². The van der Waals surface area contributed by atoms with Crippen LogP contribution in [0.3, 0.4) is 0 Å². The van der Waals surface area contributed by atoms with Gasteiger partial charge in [-0.1, -0.05) is 54.6 Å². The SMILES string of the molecule is C\C=C/C=C\C(=C/C)N(c1ccccc1)c1ccc(-c2ccc(-c3ccc(-c4ccc(C)s4)s3)s2)cc1. The first-order valence-electron chi connectivity index (χ1n) is 12.3. The van der Waals surface area contributed by atoms with Gasteiger partial charge in [-0.25, -0.2) is 0 Å². The highest BCUT2D eigenvalue weighted by molar-refractivity contribution is 7.27. The zero-order chi connectivity index (χ0) is 25.6. The maximum absolute atomic E-state index is 2.29. The molecule has 0 bridgehead atoms. The van der Waals surface area contributed by atoms with E-state index in [0.717, 1.165) is 17.1 Å². The number of rotatable bonds is 8. The van der Waals surface area contributed by atoms with Crippen molar-refractivity contribution in [2.75, 3.05) is 4.90 Å². The lowest BCUT2D eigenvalue weighted by Gasteiger charge is -2.26. The van der Waals surface area contributed by atoms with Gasteiger partial charge in [-0.3, -0.25) is 0 Å². The third-order valence-electron chi connectivity index (χ3n) is 5.99. The van der Waals surface area contributed by atoms with E-state index in [9.17, 15) is 0 Å². The lowest BCUT2D eigenvalue weighted by Crippen LogP contribution is -2.14. The molecular formula is C33H29NS3. The molecule has 0 aliphatic heterocycles. The molecule has 0 aliphatic carbocycles. The van der Waals surface area contributed by atoms with E-state index in [4.69, 9.17) is 0 Å². The Morgan fingerprint density at radius 1 is 0.595 bits per heavy atom. The van der Waals surface area contributed by atoms with Crippen LogP contribution in [0, 0.1) is 6.92 Å². The molecule has 1 nitrogen and oxygen atoms in total. The number of nitrogens with zero attached hydrogens (tertiary/aromatic N) is 1. The molecular weight excluding hydrogens is 507 g/mol. The fourth-order valence-electron chi connectivity index (χ4n) is 4.16. The van der Waals surface area contributed by atoms with Crippen molar-refractivity contribution in [3.63, 3.8) is 0 Å². The van der Waals surface area contributed by atoms with Crippen molar-refractivity contribution < 1.29 is 0 Å². The van der Waals surface area contributed by atoms with E-state index in [1.165, 1.54) is 34.8 Å². The van der Waals surface area contributed by atoms with Gasteiger partial charge in [0.25, 0.3) is 0 Å². The lowest BCUT2D eigenvalue weighted by molar-refractivity contribution is 1.20. The minimum absolute atomic E-state index is 1.13. The summed E-state index contributed by atoms with van der Waals surface area (Å²) in [5.74, 6) is 0. The number of hydrogen-bond acceptors (Lipinski definition) is 4. The Morgan fingerprint density at radius 3 is 1.76 bits per heavy atom. The van der Waals surface area contributed by atoms with Crippen LogP contribution in [0.15, 0.2) is 127 Å². The van der Waals surface area contributed by atoms with Gasteiger partial charge >= 0.3 is 0 Å². The Morgan fingerprint density at radius 2 is 1.16 bits per heavy atom. The van der Waals surface area contributed by atoms with Crippen molar-refractivity contribution in [2.24, 2.45) is 0 Å². The van der Waals surface area contributed by atoms with Crippen LogP contribution in [0.2, 0.25) is 0 Å². The first-order chi connectivity index (χ1) is 18.2. The number of aryl methyl sites for hydroxylation is 1. The molecule has 0 amide bonds. The van der Waals surface area contributed by atoms with Crippen LogP contribution in [-0.4, -0.2) is 0 Å². The number of benzene rings is 2. The molecule has 5 rings (SSSR count). The van der Waals surface area contributed by atoms with Crippen molar-refractivity contribution in [3.8, 4) is 29.9 Å². The largest absolute Gasteiger partial charge is 0.311 e. The van der Waals surface area contributed by atoms with Gasteiger partial charge < -0.3 is 4.90 Å². The average Bonchev–Trinajstić information content (AvgIpc) is 3.70. The predicted octanol–water partition coefficient (Wildman–Crippen LogP) is 11.4. The quantitative estimate of drug-likeness (QED) is 0.179. The Bertz CT molecular complexity index is 1540. The van der Waals surface area contributed by atoms with E-state index in [-0.39, 0.29) is 0 Å². The summed E-state index contributed by atoms with van der Waals surface area (Å²) < 4.78 is 0. The molecule has 5 aromatic rings. The minimum atomic E-state index is 1.13. The zero-order valence-electron chi connectivity index (χ0n) is 21.2. The van der Waals surface area contributed by atoms with Crippen LogP contribution >= 0.6 is 34.0 Å². The van der Waals surface area contributed by atoms with Gasteiger partial charge in [0.2, 0.25) is 0 Å². The fraction of sp³-hybridized carbons (Fsp3) is 0.0909. The monoisotopic (exact) mass is 535 g/mol. The summed E-state index contributed by atoms with van der Waals surface area (Å²) in [5.41, 5.74) is 4.65. The molecule has 0 unspecified atom stereocenters. The second-order valence-corrected chi connectivity index (χ2v) is 12.0. The average molecular weight is 536 g/mol. The van der Waals surface area contributed by atoms with Crippen LogP contribution in [-0.2, 0) is 0 Å². The van der Waals surface area contributed by atoms with Crippen LogP contribution < -0.4 is 4.90 Å². The van der Waals surface area contributed by atoms with Crippen molar-refractivity contribution in [2.45, 2.75) is 20.8 Å². The highest BCUT2D eigenvalue weighted by Gasteiger charge is 2.14. The van der Waals surface area contributed by atoms with Gasteiger partial charge in [0.1, 0.15) is 0 Å². The molecule has 0 fully saturated rings. The first-order valence-corrected chi connectivity index (χ1v) is 14.8. The summed E-state index contributed by atoms with van der Waals surface area (Å²) in [6.07, 6.45) is 10.5. The molecule has 0 N–H and O–H groups in total. The van der Waals surface area contributed by atoms with Crippen molar-refractivity contribution >= 4 is 45.4 Å². The molecule has 0 saturated carbocycles. The summed E-state index contributed by atoms with van der Waals surface area (Å²) >= 11 is 5.59. The highest BCUT2D eigenvalue weighted by Crippen LogP contribution is 2.42. The van der Waals surface area contributed by atoms with E-state index in [2.05, 4.69) is 134 Å². The van der Waals surface area contributed by atoms with Gasteiger partial charge in [-0.05, 0) is 93.1 Å². The third kappa shape index (κ3) is 5.78. The minimum Gasteiger partial charge on any atom is -0.311 e. The van der Waals surface area contributed by atoms with Crippen LogP contribution in [0.25, 0.3) is 29.9 Å². The van der Waals surface area contributed by atoms with Gasteiger partial charge in [0.15, 0.2) is 0 Å². The van der Waals surface area contributed by atoms with Crippen LogP contribution in [0.1, 0.15) is 18.7 Å². The Kier molecular flexibility index (Phi) is 8.00. The number of thiophene rings is 3. The summed E-state index contributed by atoms with van der Waals surface area (Å²) in [5, 5.41) is 0. The molecule has 0 saturated heterocycles. The number of hydrogen-bond donors (Lipinski definition) is 0. The molecule has 2 aromatic carbocycles. The number of allylic oxidation sites excluding steroid dienone is 5. The number of para-hydroxylation sites is 1. The molecule has 0 radical (unpaired) electrons. The normalized spacial score (nSPS) is 12.1. The maximum Gasteiger partial charge on any atom is 0.0461 e. The van der Waals surface area contributed by atoms with E-state index in [1.807, 2.05) is 47.0 Å². The Labute approximate surface area is 232 Å². The lowest BCUT2D eigenvalue weighted by atomic mass is 10.1. The summed E-state index contributed by atoms with van der Waals surface area (Å²) in [4.78, 5) is 10.3. The second kappa shape index (κ2) is 11.7. The van der Waals surface area contributed by atoms with E-state index < -0.39 is 0 Å². The summed E-state index contributed by atoms with van der Waals surface area (Å²) in [6.45, 7) is 6.28. The molecule has 184 valence electrons. The zero-order valence-corrected chi connectivity index (χ0v) is 23.7. The van der Waals surface area contributed by atoms with Gasteiger partial charge in [0, 0.05) is 46.3 Å². The molecule has 0 spiro atoms. The van der Waals surface area contributed by atoms with Crippen molar-refractivity contribution in [1.82, 2.24) is 0 Å². The molecule has 0 atom stereocenters. The van der Waals surface area contributed by atoms with E-state index in [0.29, 0.717) is 0 Å². The molecule has 3 heterocycles. The summed E-state index contributed by atoms with van der Waals surface area (Å²) in [7, 11) is 0. The Hall–Kier alpha value is -3.44. The molecule has 0 aliphatic rings. The second-order valence-electron chi connectivity index (χ2n) is 8.55. The van der Waals surface area contributed by atoms with E-state index in [1.54, 1.807) is 0 Å². The topological polar surface area (TPSA) is 3.24 Å². The smallest absolute Gasteiger partial charge is 0.0461 e. The fourth-order valence-corrected chi connectivity index (χ4v) is 7.23. The Balaban J connectivity index is 1.41. The van der Waals surface area contributed by atoms with Gasteiger partial charge in [-0.15, -0.1) is 34.0 Å². The van der Waals surface area contributed by atoms with E-state index >= 15 is 0 Å². The molecule has 4 heteroatoms. The third-order valence-corrected chi connectivity index (χ3v) is 9.60. The predicted molar refractivity (Wildman–Crippen MR) is 167 cm³/mol. The highest BCUT2D eigenvalue weighted by atomic mass is 32.1. The maximum atomic E-state index is 2.29.